The molecule has 1 N–H and O–H groups in total. The van der Waals surface area contributed by atoms with Gasteiger partial charge in [0.25, 0.3) is 0 Å². The molecule has 0 fully saturated rings. The Labute approximate surface area is 133 Å². The number of carbonyl (C=O) groups excluding carboxylic acids is 2. The molecular weight excluding hydrogens is 284 g/mol. The summed E-state index contributed by atoms with van der Waals surface area (Å²) in [6, 6.07) is 0. The lowest BCUT2D eigenvalue weighted by Gasteiger charge is -2.28. The highest BCUT2D eigenvalue weighted by Crippen LogP contribution is 2.25. The molecule has 0 heterocycles. The Kier molecular flexibility index (Phi) is 7.81. The Morgan fingerprint density at radius 1 is 1.18 bits per heavy atom. The molecule has 0 saturated heterocycles. The highest BCUT2D eigenvalue weighted by atomic mass is 16.6. The number of aliphatic hydroxyl groups excluding tert-OH is 1. The highest BCUT2D eigenvalue weighted by molar-refractivity contribution is 5.88. The minimum atomic E-state index is -0.963. The number of esters is 2. The van der Waals surface area contributed by atoms with E-state index >= 15 is 0 Å². The van der Waals surface area contributed by atoms with Crippen molar-refractivity contribution in [3.63, 3.8) is 0 Å². The van der Waals surface area contributed by atoms with E-state index in [-0.39, 0.29) is 18.6 Å². The molecule has 128 valence electrons. The average molecular weight is 314 g/mol. The standard InChI is InChI=1S/C17H30O5/c1-8-12(2)14(19)21-11-17(6,7)15(20)22-13(10-18)9-16(3,4)5/h8,13,18H,9-11H2,1-7H3. The van der Waals surface area contributed by atoms with Gasteiger partial charge in [-0.15, -0.1) is 0 Å². The first-order chi connectivity index (χ1) is 9.92. The van der Waals surface area contributed by atoms with Crippen LogP contribution in [0.2, 0.25) is 0 Å². The predicted octanol–water partition coefficient (Wildman–Crippen LogP) is 2.86. The van der Waals surface area contributed by atoms with Crippen molar-refractivity contribution >= 4 is 11.9 Å². The Morgan fingerprint density at radius 3 is 2.14 bits per heavy atom. The van der Waals surface area contributed by atoms with Gasteiger partial charge in [0.05, 0.1) is 12.0 Å². The monoisotopic (exact) mass is 314 g/mol. The van der Waals surface area contributed by atoms with Crippen LogP contribution in [0.5, 0.6) is 0 Å². The second kappa shape index (κ2) is 8.32. The molecule has 0 aliphatic carbocycles. The van der Waals surface area contributed by atoms with E-state index in [2.05, 4.69) is 0 Å². The Morgan fingerprint density at radius 2 is 1.73 bits per heavy atom. The Hall–Kier alpha value is -1.36. The lowest BCUT2D eigenvalue weighted by Crippen LogP contribution is -2.37. The Balaban J connectivity index is 4.64. The number of aliphatic hydroxyl groups is 1. The summed E-state index contributed by atoms with van der Waals surface area (Å²) in [5.74, 6) is -0.932. The molecule has 5 nitrogen and oxygen atoms in total. The first kappa shape index (κ1) is 20.6. The van der Waals surface area contributed by atoms with Crippen molar-refractivity contribution in [1.29, 1.82) is 0 Å². The van der Waals surface area contributed by atoms with Crippen molar-refractivity contribution in [1.82, 2.24) is 0 Å². The normalized spacial score (nSPS) is 14.5. The number of ether oxygens (including phenoxy) is 2. The van der Waals surface area contributed by atoms with E-state index in [9.17, 15) is 14.7 Å². The molecule has 0 saturated carbocycles. The van der Waals surface area contributed by atoms with Crippen LogP contribution < -0.4 is 0 Å². The fourth-order valence-corrected chi connectivity index (χ4v) is 1.67. The molecule has 22 heavy (non-hydrogen) atoms. The van der Waals surface area contributed by atoms with Crippen LogP contribution in [0.4, 0.5) is 0 Å². The molecule has 0 amide bonds. The van der Waals surface area contributed by atoms with Crippen molar-refractivity contribution < 1.29 is 24.2 Å². The highest BCUT2D eigenvalue weighted by Gasteiger charge is 2.34. The van der Waals surface area contributed by atoms with Gasteiger partial charge < -0.3 is 14.6 Å². The van der Waals surface area contributed by atoms with Crippen LogP contribution in [0.15, 0.2) is 11.6 Å². The summed E-state index contributed by atoms with van der Waals surface area (Å²) in [5.41, 5.74) is -0.535. The fourth-order valence-electron chi connectivity index (χ4n) is 1.67. The predicted molar refractivity (Wildman–Crippen MR) is 85.2 cm³/mol. The van der Waals surface area contributed by atoms with Crippen LogP contribution in [-0.4, -0.2) is 36.4 Å². The number of carbonyl (C=O) groups is 2. The van der Waals surface area contributed by atoms with Gasteiger partial charge in [-0.2, -0.15) is 0 Å². The molecule has 0 rings (SSSR count). The van der Waals surface area contributed by atoms with Crippen molar-refractivity contribution in [3.05, 3.63) is 11.6 Å². The maximum absolute atomic E-state index is 12.2. The second-order valence-corrected chi connectivity index (χ2v) is 7.41. The molecular formula is C17H30O5. The smallest absolute Gasteiger partial charge is 0.333 e. The minimum Gasteiger partial charge on any atom is -0.461 e. The van der Waals surface area contributed by atoms with Crippen LogP contribution in [0, 0.1) is 10.8 Å². The van der Waals surface area contributed by atoms with Gasteiger partial charge in [0.2, 0.25) is 0 Å². The second-order valence-electron chi connectivity index (χ2n) is 7.41. The third-order valence-electron chi connectivity index (χ3n) is 3.19. The lowest BCUT2D eigenvalue weighted by molar-refractivity contribution is -0.168. The van der Waals surface area contributed by atoms with Crippen molar-refractivity contribution in [3.8, 4) is 0 Å². The SMILES string of the molecule is CC=C(C)C(=O)OCC(C)(C)C(=O)OC(CO)CC(C)(C)C. The quantitative estimate of drug-likeness (QED) is 0.578. The Bertz CT molecular complexity index is 415. The number of allylic oxidation sites excluding steroid dienone is 1. The van der Waals surface area contributed by atoms with Crippen LogP contribution in [0.1, 0.15) is 54.9 Å². The van der Waals surface area contributed by atoms with E-state index in [1.54, 1.807) is 33.8 Å². The van der Waals surface area contributed by atoms with E-state index in [0.717, 1.165) is 0 Å². The summed E-state index contributed by atoms with van der Waals surface area (Å²) in [7, 11) is 0. The summed E-state index contributed by atoms with van der Waals surface area (Å²) < 4.78 is 10.5. The molecule has 0 aliphatic heterocycles. The largest absolute Gasteiger partial charge is 0.461 e. The summed E-state index contributed by atoms with van der Waals surface area (Å²) >= 11 is 0. The topological polar surface area (TPSA) is 72.8 Å². The van der Waals surface area contributed by atoms with Crippen LogP contribution in [0.25, 0.3) is 0 Å². The van der Waals surface area contributed by atoms with Gasteiger partial charge in [-0.05, 0) is 39.5 Å². The molecule has 0 aromatic heterocycles. The first-order valence-corrected chi connectivity index (χ1v) is 7.55. The van der Waals surface area contributed by atoms with Crippen molar-refractivity contribution in [2.45, 2.75) is 61.0 Å². The van der Waals surface area contributed by atoms with Gasteiger partial charge in [-0.25, -0.2) is 4.79 Å². The van der Waals surface area contributed by atoms with Crippen molar-refractivity contribution in [2.24, 2.45) is 10.8 Å². The third-order valence-corrected chi connectivity index (χ3v) is 3.19. The van der Waals surface area contributed by atoms with E-state index in [4.69, 9.17) is 9.47 Å². The molecule has 5 heteroatoms. The van der Waals surface area contributed by atoms with Crippen LogP contribution in [-0.2, 0) is 19.1 Å². The van der Waals surface area contributed by atoms with E-state index in [1.165, 1.54) is 0 Å². The van der Waals surface area contributed by atoms with Crippen molar-refractivity contribution in [2.75, 3.05) is 13.2 Å². The number of hydrogen-bond donors (Lipinski definition) is 1. The zero-order chi connectivity index (χ0) is 17.6. The minimum absolute atomic E-state index is 0.0622. The van der Waals surface area contributed by atoms with E-state index in [0.29, 0.717) is 12.0 Å². The molecule has 1 unspecified atom stereocenters. The summed E-state index contributed by atoms with van der Waals surface area (Å²) in [6.07, 6.45) is 1.65. The van der Waals surface area contributed by atoms with E-state index in [1.807, 2.05) is 20.8 Å². The molecule has 0 aromatic carbocycles. The average Bonchev–Trinajstić information content (AvgIpc) is 2.41. The molecule has 0 radical (unpaired) electrons. The molecule has 0 spiro atoms. The molecule has 0 bridgehead atoms. The van der Waals surface area contributed by atoms with Crippen LogP contribution >= 0.6 is 0 Å². The molecule has 0 aromatic rings. The summed E-state index contributed by atoms with van der Waals surface area (Å²) in [5, 5.41) is 9.36. The van der Waals surface area contributed by atoms with Gasteiger partial charge in [0, 0.05) is 5.57 Å². The maximum Gasteiger partial charge on any atom is 0.333 e. The zero-order valence-electron chi connectivity index (χ0n) is 14.9. The summed E-state index contributed by atoms with van der Waals surface area (Å²) in [4.78, 5) is 23.9. The van der Waals surface area contributed by atoms with Crippen LogP contribution in [0.3, 0.4) is 0 Å². The van der Waals surface area contributed by atoms with Gasteiger partial charge in [0.1, 0.15) is 12.7 Å². The van der Waals surface area contributed by atoms with Gasteiger partial charge in [-0.1, -0.05) is 26.8 Å². The number of rotatable bonds is 7. The first-order valence-electron chi connectivity index (χ1n) is 7.55. The zero-order valence-corrected chi connectivity index (χ0v) is 14.9. The lowest BCUT2D eigenvalue weighted by atomic mass is 9.89. The fraction of sp³-hybridized carbons (Fsp3) is 0.765. The van der Waals surface area contributed by atoms with Gasteiger partial charge in [-0.3, -0.25) is 4.79 Å². The molecule has 0 aliphatic rings. The summed E-state index contributed by atoms with van der Waals surface area (Å²) in [6.45, 7) is 12.4. The third kappa shape index (κ3) is 7.59. The maximum atomic E-state index is 12.2. The van der Waals surface area contributed by atoms with Gasteiger partial charge in [0.15, 0.2) is 0 Å². The van der Waals surface area contributed by atoms with Gasteiger partial charge >= 0.3 is 11.9 Å². The number of hydrogen-bond acceptors (Lipinski definition) is 5. The van der Waals surface area contributed by atoms with E-state index < -0.39 is 23.5 Å². The molecule has 1 atom stereocenters.